The lowest BCUT2D eigenvalue weighted by Crippen LogP contribution is -2.63. The Kier molecular flexibility index (Phi) is 5.34. The van der Waals surface area contributed by atoms with Crippen molar-refractivity contribution < 1.29 is 9.90 Å². The van der Waals surface area contributed by atoms with E-state index < -0.39 is 0 Å². The number of aliphatic hydroxyl groups excluding tert-OH is 1. The van der Waals surface area contributed by atoms with Crippen LogP contribution in [0, 0.1) is 63.1 Å². The van der Waals surface area contributed by atoms with Crippen molar-refractivity contribution in [1.82, 2.24) is 0 Å². The number of Topliss-reactive ketones (excluding diaryl/α,β-unsaturated/α-hetero) is 1. The standard InChI is InChI=1S/C30H50O2/c1-18(2)20-10-16-30(19(3)31)17-11-22-21(26(20)30)8-9-24-28(22,6)14-12-23-27(4,5)25(32)13-15-29(23,24)7/h18,20-26,32H,8-17H2,1-7H3. The average molecular weight is 443 g/mol. The second-order valence-electron chi connectivity index (χ2n) is 14.6. The molecule has 2 nitrogen and oxygen atoms in total. The van der Waals surface area contributed by atoms with Crippen LogP contribution in [0.1, 0.15) is 113 Å². The Hall–Kier alpha value is -0.370. The van der Waals surface area contributed by atoms with E-state index in [1.807, 2.05) is 6.92 Å². The summed E-state index contributed by atoms with van der Waals surface area (Å²) in [4.78, 5) is 13.1. The fraction of sp³-hybridized carbons (Fsp3) is 0.967. The highest BCUT2D eigenvalue weighted by molar-refractivity contribution is 5.83. The summed E-state index contributed by atoms with van der Waals surface area (Å²) < 4.78 is 0. The Morgan fingerprint density at radius 3 is 2.12 bits per heavy atom. The second-order valence-corrected chi connectivity index (χ2v) is 14.6. The molecule has 0 aromatic heterocycles. The number of carbonyl (C=O) groups is 1. The summed E-state index contributed by atoms with van der Waals surface area (Å²) in [6.45, 7) is 16.7. The molecular formula is C30H50O2. The first kappa shape index (κ1) is 23.4. The van der Waals surface area contributed by atoms with E-state index >= 15 is 0 Å². The first-order valence-corrected chi connectivity index (χ1v) is 14.1. The van der Waals surface area contributed by atoms with Gasteiger partial charge in [-0.3, -0.25) is 4.79 Å². The maximum atomic E-state index is 13.1. The fourth-order valence-corrected chi connectivity index (χ4v) is 11.7. The van der Waals surface area contributed by atoms with Crippen LogP contribution in [0.25, 0.3) is 0 Å². The highest BCUT2D eigenvalue weighted by atomic mass is 16.3. The summed E-state index contributed by atoms with van der Waals surface area (Å²) in [5.74, 6) is 5.55. The van der Waals surface area contributed by atoms with Crippen molar-refractivity contribution in [2.24, 2.45) is 63.1 Å². The molecule has 0 spiro atoms. The molecule has 10 atom stereocenters. The number of hydrogen-bond donors (Lipinski definition) is 1. The van der Waals surface area contributed by atoms with E-state index in [2.05, 4.69) is 41.5 Å². The average Bonchev–Trinajstić information content (AvgIpc) is 3.12. The minimum absolute atomic E-state index is 0.00264. The third-order valence-corrected chi connectivity index (χ3v) is 13.2. The van der Waals surface area contributed by atoms with E-state index in [-0.39, 0.29) is 16.9 Å². The summed E-state index contributed by atoms with van der Waals surface area (Å²) in [6, 6.07) is 0. The highest BCUT2D eigenvalue weighted by Crippen LogP contribution is 2.73. The van der Waals surface area contributed by atoms with Gasteiger partial charge in [-0.1, -0.05) is 41.5 Å². The van der Waals surface area contributed by atoms with Gasteiger partial charge in [0.25, 0.3) is 0 Å². The molecule has 0 heterocycles. The molecule has 32 heavy (non-hydrogen) atoms. The summed E-state index contributed by atoms with van der Waals surface area (Å²) in [5.41, 5.74) is 0.815. The summed E-state index contributed by atoms with van der Waals surface area (Å²) >= 11 is 0. The smallest absolute Gasteiger partial charge is 0.136 e. The number of hydrogen-bond acceptors (Lipinski definition) is 2. The topological polar surface area (TPSA) is 37.3 Å². The molecule has 5 rings (SSSR count). The molecule has 5 fully saturated rings. The Morgan fingerprint density at radius 1 is 0.812 bits per heavy atom. The predicted octanol–water partition coefficient (Wildman–Crippen LogP) is 7.28. The predicted molar refractivity (Wildman–Crippen MR) is 131 cm³/mol. The molecule has 5 aliphatic rings. The molecule has 5 aliphatic carbocycles. The zero-order chi connectivity index (χ0) is 23.3. The van der Waals surface area contributed by atoms with Crippen molar-refractivity contribution >= 4 is 5.78 Å². The van der Waals surface area contributed by atoms with Gasteiger partial charge >= 0.3 is 0 Å². The molecule has 0 aromatic rings. The fourth-order valence-electron chi connectivity index (χ4n) is 11.7. The molecule has 10 unspecified atom stereocenters. The third kappa shape index (κ3) is 2.83. The molecule has 0 saturated heterocycles. The molecule has 0 radical (unpaired) electrons. The normalized spacial score (nSPS) is 54.3. The number of aliphatic hydroxyl groups is 1. The molecule has 2 heteroatoms. The van der Waals surface area contributed by atoms with E-state index in [1.165, 1.54) is 44.9 Å². The van der Waals surface area contributed by atoms with E-state index in [9.17, 15) is 9.90 Å². The SMILES string of the molecule is CC(=O)C12CCC(C(C)C)C1C1CCC3C(C)(CCC4C(C)(C)C(O)CCC43C)C1CC2. The molecule has 0 aromatic carbocycles. The number of carbonyl (C=O) groups excluding carboxylic acids is 1. The van der Waals surface area contributed by atoms with Crippen molar-refractivity contribution in [2.45, 2.75) is 119 Å². The van der Waals surface area contributed by atoms with Gasteiger partial charge in [0.1, 0.15) is 5.78 Å². The molecular weight excluding hydrogens is 392 g/mol. The van der Waals surface area contributed by atoms with Gasteiger partial charge in [-0.05, 0) is 129 Å². The Morgan fingerprint density at radius 2 is 1.47 bits per heavy atom. The molecule has 182 valence electrons. The largest absolute Gasteiger partial charge is 0.393 e. The van der Waals surface area contributed by atoms with Crippen molar-refractivity contribution in [3.63, 3.8) is 0 Å². The summed E-state index contributed by atoms with van der Waals surface area (Å²) in [7, 11) is 0. The number of ketones is 1. The Bertz CT molecular complexity index is 769. The molecule has 0 bridgehead atoms. The van der Waals surface area contributed by atoms with Gasteiger partial charge in [-0.25, -0.2) is 0 Å². The van der Waals surface area contributed by atoms with Crippen molar-refractivity contribution in [1.29, 1.82) is 0 Å². The lowest BCUT2D eigenvalue weighted by molar-refractivity contribution is -0.216. The lowest BCUT2D eigenvalue weighted by atomic mass is 9.36. The Balaban J connectivity index is 1.51. The minimum atomic E-state index is -0.141. The summed E-state index contributed by atoms with van der Waals surface area (Å²) in [5, 5.41) is 10.9. The zero-order valence-corrected chi connectivity index (χ0v) is 22.0. The number of fused-ring (bicyclic) bond motifs is 7. The van der Waals surface area contributed by atoms with Gasteiger partial charge in [-0.2, -0.15) is 0 Å². The van der Waals surface area contributed by atoms with E-state index in [4.69, 9.17) is 0 Å². The van der Waals surface area contributed by atoms with Crippen LogP contribution in [0.3, 0.4) is 0 Å². The lowest BCUT2D eigenvalue weighted by Gasteiger charge is -2.69. The van der Waals surface area contributed by atoms with Crippen LogP contribution in [0.5, 0.6) is 0 Å². The molecule has 1 N–H and O–H groups in total. The van der Waals surface area contributed by atoms with Crippen LogP contribution < -0.4 is 0 Å². The van der Waals surface area contributed by atoms with Gasteiger partial charge in [0.05, 0.1) is 6.10 Å². The monoisotopic (exact) mass is 442 g/mol. The van der Waals surface area contributed by atoms with Crippen molar-refractivity contribution in [3.8, 4) is 0 Å². The summed E-state index contributed by atoms with van der Waals surface area (Å²) in [6.07, 6.45) is 12.2. The van der Waals surface area contributed by atoms with Crippen LogP contribution in [-0.4, -0.2) is 17.0 Å². The van der Waals surface area contributed by atoms with Crippen LogP contribution in [0.15, 0.2) is 0 Å². The quantitative estimate of drug-likeness (QED) is 0.488. The van der Waals surface area contributed by atoms with E-state index in [0.29, 0.717) is 34.4 Å². The van der Waals surface area contributed by atoms with E-state index in [1.54, 1.807) is 0 Å². The third-order valence-electron chi connectivity index (χ3n) is 13.2. The van der Waals surface area contributed by atoms with Crippen molar-refractivity contribution in [3.05, 3.63) is 0 Å². The van der Waals surface area contributed by atoms with Gasteiger partial charge in [0.15, 0.2) is 0 Å². The second kappa shape index (κ2) is 7.32. The maximum absolute atomic E-state index is 13.1. The first-order chi connectivity index (χ1) is 14.9. The van der Waals surface area contributed by atoms with Crippen molar-refractivity contribution in [2.75, 3.05) is 0 Å². The molecule has 0 aliphatic heterocycles. The first-order valence-electron chi connectivity index (χ1n) is 14.1. The Labute approximate surface area is 197 Å². The van der Waals surface area contributed by atoms with Crippen LogP contribution in [-0.2, 0) is 4.79 Å². The minimum Gasteiger partial charge on any atom is -0.393 e. The maximum Gasteiger partial charge on any atom is 0.136 e. The van der Waals surface area contributed by atoms with Crippen LogP contribution >= 0.6 is 0 Å². The number of rotatable bonds is 2. The van der Waals surface area contributed by atoms with Gasteiger partial charge in [0.2, 0.25) is 0 Å². The molecule has 5 saturated carbocycles. The van der Waals surface area contributed by atoms with Crippen LogP contribution in [0.2, 0.25) is 0 Å². The molecule has 0 amide bonds. The van der Waals surface area contributed by atoms with Gasteiger partial charge in [-0.15, -0.1) is 0 Å². The van der Waals surface area contributed by atoms with Gasteiger partial charge in [0, 0.05) is 5.41 Å². The van der Waals surface area contributed by atoms with E-state index in [0.717, 1.165) is 42.9 Å². The highest BCUT2D eigenvalue weighted by Gasteiger charge is 2.67. The van der Waals surface area contributed by atoms with Crippen LogP contribution in [0.4, 0.5) is 0 Å². The van der Waals surface area contributed by atoms with Gasteiger partial charge < -0.3 is 5.11 Å². The zero-order valence-electron chi connectivity index (χ0n) is 22.0.